The molecule has 0 saturated carbocycles. The van der Waals surface area contributed by atoms with Gasteiger partial charge < -0.3 is 0 Å². The lowest BCUT2D eigenvalue weighted by molar-refractivity contribution is -0.391. The normalized spacial score (nSPS) is 11.0. The molecule has 0 aliphatic heterocycles. The Morgan fingerprint density at radius 1 is 0.875 bits per heavy atom. The van der Waals surface area contributed by atoms with Gasteiger partial charge in [-0.1, -0.05) is 75.9 Å². The number of nitro groups is 1. The predicted molar refractivity (Wildman–Crippen MR) is 103 cm³/mol. The van der Waals surface area contributed by atoms with Crippen LogP contribution in [0.15, 0.2) is 10.1 Å². The standard InChI is InChI=1S/C17H29N3O2S2/c1-4-6-8-10-12-23-16-15(20(21)22)17(19-14(3)18-16)24-13-11-9-7-5-2/h4-13H2,1-3H3. The summed E-state index contributed by atoms with van der Waals surface area (Å²) >= 11 is 2.99. The van der Waals surface area contributed by atoms with E-state index >= 15 is 0 Å². The summed E-state index contributed by atoms with van der Waals surface area (Å²) in [6.45, 7) is 6.16. The van der Waals surface area contributed by atoms with Crippen LogP contribution in [0.25, 0.3) is 0 Å². The summed E-state index contributed by atoms with van der Waals surface area (Å²) in [5.41, 5.74) is 0.0987. The van der Waals surface area contributed by atoms with E-state index in [2.05, 4.69) is 23.8 Å². The molecule has 0 saturated heterocycles. The molecule has 0 radical (unpaired) electrons. The van der Waals surface area contributed by atoms with Crippen LogP contribution < -0.4 is 0 Å². The highest BCUT2D eigenvalue weighted by atomic mass is 32.2. The van der Waals surface area contributed by atoms with Crippen LogP contribution >= 0.6 is 23.5 Å². The predicted octanol–water partition coefficient (Wildman–Crippen LogP) is 6.04. The smallest absolute Gasteiger partial charge is 0.258 e. The molecule has 0 atom stereocenters. The van der Waals surface area contributed by atoms with E-state index in [0.29, 0.717) is 15.9 Å². The third-order valence-corrected chi connectivity index (χ3v) is 5.69. The molecule has 1 aromatic heterocycles. The van der Waals surface area contributed by atoms with Gasteiger partial charge in [0.25, 0.3) is 0 Å². The number of aryl methyl sites for hydroxylation is 1. The van der Waals surface area contributed by atoms with Crippen LogP contribution in [0.2, 0.25) is 0 Å². The number of hydrogen-bond donors (Lipinski definition) is 0. The highest BCUT2D eigenvalue weighted by molar-refractivity contribution is 8.00. The number of nitrogens with zero attached hydrogens (tertiary/aromatic N) is 3. The van der Waals surface area contributed by atoms with E-state index in [0.717, 1.165) is 24.3 Å². The van der Waals surface area contributed by atoms with Gasteiger partial charge in [-0.15, -0.1) is 0 Å². The fraction of sp³-hybridized carbons (Fsp3) is 0.765. The highest BCUT2D eigenvalue weighted by Gasteiger charge is 2.24. The van der Waals surface area contributed by atoms with Gasteiger partial charge in [0.05, 0.1) is 4.92 Å². The number of thioether (sulfide) groups is 2. The van der Waals surface area contributed by atoms with Crippen molar-refractivity contribution in [2.75, 3.05) is 11.5 Å². The van der Waals surface area contributed by atoms with Crippen LogP contribution in [0, 0.1) is 17.0 Å². The van der Waals surface area contributed by atoms with Crippen LogP contribution in [-0.2, 0) is 0 Å². The molecule has 7 heteroatoms. The van der Waals surface area contributed by atoms with Crippen molar-refractivity contribution < 1.29 is 4.92 Å². The van der Waals surface area contributed by atoms with Gasteiger partial charge in [0.2, 0.25) is 0 Å². The summed E-state index contributed by atoms with van der Waals surface area (Å²) in [5.74, 6) is 2.36. The zero-order valence-electron chi connectivity index (χ0n) is 15.0. The maximum absolute atomic E-state index is 11.5. The van der Waals surface area contributed by atoms with Crippen LogP contribution in [-0.4, -0.2) is 26.4 Å². The average Bonchev–Trinajstić information content (AvgIpc) is 2.53. The van der Waals surface area contributed by atoms with Gasteiger partial charge >= 0.3 is 5.69 Å². The monoisotopic (exact) mass is 371 g/mol. The van der Waals surface area contributed by atoms with Crippen LogP contribution in [0.5, 0.6) is 0 Å². The fourth-order valence-corrected chi connectivity index (χ4v) is 4.43. The largest absolute Gasteiger partial charge is 0.333 e. The molecule has 0 bridgehead atoms. The third kappa shape index (κ3) is 7.83. The second kappa shape index (κ2) is 12.5. The lowest BCUT2D eigenvalue weighted by atomic mass is 10.2. The second-order valence-corrected chi connectivity index (χ2v) is 7.97. The molecule has 0 amide bonds. The molecule has 24 heavy (non-hydrogen) atoms. The van der Waals surface area contributed by atoms with Gasteiger partial charge in [-0.2, -0.15) is 0 Å². The summed E-state index contributed by atoms with van der Waals surface area (Å²) in [7, 11) is 0. The Morgan fingerprint density at radius 3 is 1.71 bits per heavy atom. The first-order chi connectivity index (χ1) is 11.6. The molecular formula is C17H29N3O2S2. The Labute approximate surface area is 154 Å². The topological polar surface area (TPSA) is 68.9 Å². The van der Waals surface area contributed by atoms with E-state index in [4.69, 9.17) is 0 Å². The summed E-state index contributed by atoms with van der Waals surface area (Å²) in [6, 6.07) is 0. The minimum atomic E-state index is -0.317. The molecule has 1 aromatic rings. The van der Waals surface area contributed by atoms with Gasteiger partial charge in [-0.3, -0.25) is 10.1 Å². The Bertz CT molecular complexity index is 478. The van der Waals surface area contributed by atoms with Gasteiger partial charge in [-0.05, 0) is 31.3 Å². The maximum Gasteiger partial charge on any atom is 0.333 e. The number of rotatable bonds is 13. The van der Waals surface area contributed by atoms with Crippen molar-refractivity contribution >= 4 is 29.2 Å². The van der Waals surface area contributed by atoms with E-state index < -0.39 is 0 Å². The zero-order valence-corrected chi connectivity index (χ0v) is 16.7. The summed E-state index contributed by atoms with van der Waals surface area (Å²) in [5, 5.41) is 12.6. The lowest BCUT2D eigenvalue weighted by Gasteiger charge is -2.08. The Kier molecular flexibility index (Phi) is 11.1. The molecular weight excluding hydrogens is 342 g/mol. The molecule has 1 heterocycles. The first-order valence-electron chi connectivity index (χ1n) is 8.88. The van der Waals surface area contributed by atoms with Crippen LogP contribution in [0.4, 0.5) is 5.69 Å². The maximum atomic E-state index is 11.5. The van der Waals surface area contributed by atoms with E-state index in [9.17, 15) is 10.1 Å². The van der Waals surface area contributed by atoms with E-state index in [-0.39, 0.29) is 10.6 Å². The van der Waals surface area contributed by atoms with Crippen molar-refractivity contribution in [1.82, 2.24) is 9.97 Å². The first kappa shape index (κ1) is 21.2. The van der Waals surface area contributed by atoms with Crippen LogP contribution in [0.3, 0.4) is 0 Å². The molecule has 0 fully saturated rings. The molecule has 0 aliphatic rings. The molecule has 1 rings (SSSR count). The van der Waals surface area contributed by atoms with E-state index in [1.54, 1.807) is 0 Å². The van der Waals surface area contributed by atoms with Crippen LogP contribution in [0.1, 0.15) is 71.0 Å². The van der Waals surface area contributed by atoms with Crippen molar-refractivity contribution in [2.24, 2.45) is 0 Å². The average molecular weight is 372 g/mol. The van der Waals surface area contributed by atoms with Crippen molar-refractivity contribution in [3.63, 3.8) is 0 Å². The highest BCUT2D eigenvalue weighted by Crippen LogP contribution is 2.36. The van der Waals surface area contributed by atoms with E-state index in [1.807, 2.05) is 6.92 Å². The quantitative estimate of drug-likeness (QED) is 0.138. The van der Waals surface area contributed by atoms with Crippen molar-refractivity contribution in [3.05, 3.63) is 15.9 Å². The molecule has 0 N–H and O–H groups in total. The molecule has 0 aromatic carbocycles. The number of unbranched alkanes of at least 4 members (excludes halogenated alkanes) is 6. The third-order valence-electron chi connectivity index (χ3n) is 3.59. The lowest BCUT2D eigenvalue weighted by Crippen LogP contribution is -2.02. The minimum absolute atomic E-state index is 0.0987. The Hall–Kier alpha value is -0.820. The number of hydrogen-bond acceptors (Lipinski definition) is 6. The summed E-state index contributed by atoms with van der Waals surface area (Å²) < 4.78 is 0. The van der Waals surface area contributed by atoms with Gasteiger partial charge in [0.1, 0.15) is 5.82 Å². The molecule has 136 valence electrons. The summed E-state index contributed by atoms with van der Waals surface area (Å²) in [4.78, 5) is 19.9. The van der Waals surface area contributed by atoms with Crippen molar-refractivity contribution in [3.8, 4) is 0 Å². The fourth-order valence-electron chi connectivity index (χ4n) is 2.27. The zero-order chi connectivity index (χ0) is 17.8. The Balaban J connectivity index is 2.73. The SMILES string of the molecule is CCCCCCSc1nc(C)nc(SCCCCCC)c1[N+](=O)[O-]. The minimum Gasteiger partial charge on any atom is -0.258 e. The molecule has 0 spiro atoms. The molecule has 0 unspecified atom stereocenters. The molecule has 5 nitrogen and oxygen atoms in total. The summed E-state index contributed by atoms with van der Waals surface area (Å²) in [6.07, 6.45) is 9.28. The van der Waals surface area contributed by atoms with Gasteiger partial charge in [0, 0.05) is 0 Å². The van der Waals surface area contributed by atoms with Gasteiger partial charge in [0.15, 0.2) is 10.1 Å². The number of aromatic nitrogens is 2. The first-order valence-corrected chi connectivity index (χ1v) is 10.9. The van der Waals surface area contributed by atoms with Gasteiger partial charge in [-0.25, -0.2) is 9.97 Å². The Morgan fingerprint density at radius 2 is 1.33 bits per heavy atom. The second-order valence-electron chi connectivity index (χ2n) is 5.81. The molecule has 0 aliphatic carbocycles. The van der Waals surface area contributed by atoms with Crippen molar-refractivity contribution in [2.45, 2.75) is 82.2 Å². The van der Waals surface area contributed by atoms with E-state index in [1.165, 1.54) is 62.0 Å². The van der Waals surface area contributed by atoms with Crippen molar-refractivity contribution in [1.29, 1.82) is 0 Å².